The number of aromatic nitrogens is 2. The molecule has 0 aliphatic heterocycles. The van der Waals surface area contributed by atoms with Gasteiger partial charge in [0.2, 0.25) is 0 Å². The molecule has 0 saturated heterocycles. The van der Waals surface area contributed by atoms with E-state index in [1.807, 2.05) is 60.8 Å². The summed E-state index contributed by atoms with van der Waals surface area (Å²) >= 11 is 0. The van der Waals surface area contributed by atoms with E-state index in [1.165, 1.54) is 0 Å². The van der Waals surface area contributed by atoms with Crippen molar-refractivity contribution in [1.82, 2.24) is 9.97 Å². The second kappa shape index (κ2) is 5.33. The molecule has 2 aromatic carbocycles. The highest BCUT2D eigenvalue weighted by Gasteiger charge is 2.00. The van der Waals surface area contributed by atoms with Crippen molar-refractivity contribution in [3.8, 4) is 0 Å². The van der Waals surface area contributed by atoms with Gasteiger partial charge in [0.25, 0.3) is 0 Å². The molecule has 4 nitrogen and oxygen atoms in total. The van der Waals surface area contributed by atoms with Gasteiger partial charge in [-0.1, -0.05) is 36.4 Å². The molecule has 0 saturated carbocycles. The van der Waals surface area contributed by atoms with E-state index < -0.39 is 0 Å². The van der Waals surface area contributed by atoms with Crippen molar-refractivity contribution in [2.75, 3.05) is 5.43 Å². The Hall–Kier alpha value is -3.14. The Bertz CT molecular complexity index is 969. The lowest BCUT2D eigenvalue weighted by Gasteiger charge is -2.01. The van der Waals surface area contributed by atoms with Gasteiger partial charge in [0, 0.05) is 28.0 Å². The SMILES string of the molecule is C(=N\Nc1ccc2ccccc2n1)/c1c[nH]c2ccccc12. The molecule has 4 rings (SSSR count). The number of nitrogens with zero attached hydrogens (tertiary/aromatic N) is 2. The van der Waals surface area contributed by atoms with Crippen molar-refractivity contribution in [1.29, 1.82) is 0 Å². The van der Waals surface area contributed by atoms with Crippen LogP contribution in [0.1, 0.15) is 5.56 Å². The number of rotatable bonds is 3. The Balaban J connectivity index is 1.58. The Labute approximate surface area is 127 Å². The first-order valence-corrected chi connectivity index (χ1v) is 7.11. The van der Waals surface area contributed by atoms with Crippen molar-refractivity contribution in [2.24, 2.45) is 5.10 Å². The Morgan fingerprint density at radius 3 is 2.82 bits per heavy atom. The molecular weight excluding hydrogens is 272 g/mol. The second-order valence-electron chi connectivity index (χ2n) is 5.05. The largest absolute Gasteiger partial charge is 0.361 e. The number of hydrogen-bond donors (Lipinski definition) is 2. The first-order chi connectivity index (χ1) is 10.9. The van der Waals surface area contributed by atoms with Crippen LogP contribution in [0.15, 0.2) is 72.0 Å². The highest BCUT2D eigenvalue weighted by molar-refractivity contribution is 5.99. The standard InChI is InChI=1S/C18H14N4/c1-3-7-16-13(5-1)9-10-18(21-16)22-20-12-14-11-19-17-8-4-2-6-15(14)17/h1-12,19H,(H,21,22)/b20-12+. The predicted octanol–water partition coefficient (Wildman–Crippen LogP) is 4.16. The van der Waals surface area contributed by atoms with Crippen molar-refractivity contribution in [2.45, 2.75) is 0 Å². The van der Waals surface area contributed by atoms with E-state index in [1.54, 1.807) is 6.21 Å². The molecule has 22 heavy (non-hydrogen) atoms. The van der Waals surface area contributed by atoms with Gasteiger partial charge in [0.15, 0.2) is 0 Å². The van der Waals surface area contributed by atoms with Gasteiger partial charge in [-0.2, -0.15) is 5.10 Å². The number of nitrogens with one attached hydrogen (secondary N) is 2. The van der Waals surface area contributed by atoms with E-state index in [0.29, 0.717) is 0 Å². The van der Waals surface area contributed by atoms with Gasteiger partial charge in [0.05, 0.1) is 11.7 Å². The maximum atomic E-state index is 4.52. The van der Waals surface area contributed by atoms with Crippen LogP contribution in [0.4, 0.5) is 5.82 Å². The maximum absolute atomic E-state index is 4.52. The number of fused-ring (bicyclic) bond motifs is 2. The Kier molecular flexibility index (Phi) is 3.05. The van der Waals surface area contributed by atoms with Gasteiger partial charge in [-0.05, 0) is 24.3 Å². The topological polar surface area (TPSA) is 53.1 Å². The van der Waals surface area contributed by atoms with E-state index in [9.17, 15) is 0 Å². The monoisotopic (exact) mass is 286 g/mol. The lowest BCUT2D eigenvalue weighted by atomic mass is 10.2. The van der Waals surface area contributed by atoms with E-state index in [0.717, 1.165) is 33.2 Å². The molecule has 0 bridgehead atoms. The molecule has 0 aliphatic rings. The zero-order valence-corrected chi connectivity index (χ0v) is 11.8. The summed E-state index contributed by atoms with van der Waals surface area (Å²) in [5.74, 6) is 0.731. The zero-order valence-electron chi connectivity index (χ0n) is 11.8. The van der Waals surface area contributed by atoms with Crippen LogP contribution in [0.25, 0.3) is 21.8 Å². The Morgan fingerprint density at radius 2 is 1.82 bits per heavy atom. The van der Waals surface area contributed by atoms with Crippen molar-refractivity contribution in [3.63, 3.8) is 0 Å². The number of para-hydroxylation sites is 2. The predicted molar refractivity (Wildman–Crippen MR) is 91.3 cm³/mol. The third-order valence-corrected chi connectivity index (χ3v) is 3.60. The molecule has 2 heterocycles. The fourth-order valence-electron chi connectivity index (χ4n) is 2.50. The minimum Gasteiger partial charge on any atom is -0.361 e. The molecule has 0 atom stereocenters. The van der Waals surface area contributed by atoms with Crippen LogP contribution in [0.2, 0.25) is 0 Å². The third-order valence-electron chi connectivity index (χ3n) is 3.60. The molecule has 2 aromatic heterocycles. The smallest absolute Gasteiger partial charge is 0.146 e. The van der Waals surface area contributed by atoms with E-state index >= 15 is 0 Å². The van der Waals surface area contributed by atoms with Crippen molar-refractivity contribution >= 4 is 33.8 Å². The summed E-state index contributed by atoms with van der Waals surface area (Å²) in [5.41, 5.74) is 6.09. The number of benzene rings is 2. The molecule has 0 aliphatic carbocycles. The molecule has 0 fully saturated rings. The quantitative estimate of drug-likeness (QED) is 0.439. The first kappa shape index (κ1) is 12.6. The lowest BCUT2D eigenvalue weighted by Crippen LogP contribution is -1.93. The molecule has 0 unspecified atom stereocenters. The average molecular weight is 286 g/mol. The summed E-state index contributed by atoms with van der Waals surface area (Å²) in [6.45, 7) is 0. The van der Waals surface area contributed by atoms with Gasteiger partial charge in [-0.25, -0.2) is 4.98 Å². The third kappa shape index (κ3) is 2.31. The summed E-state index contributed by atoms with van der Waals surface area (Å²) in [6.07, 6.45) is 3.75. The van der Waals surface area contributed by atoms with Gasteiger partial charge >= 0.3 is 0 Å². The molecule has 4 aromatic rings. The number of anilines is 1. The highest BCUT2D eigenvalue weighted by Crippen LogP contribution is 2.16. The van der Waals surface area contributed by atoms with E-state index in [4.69, 9.17) is 0 Å². The van der Waals surface area contributed by atoms with Crippen LogP contribution < -0.4 is 5.43 Å². The summed E-state index contributed by atoms with van der Waals surface area (Å²) in [4.78, 5) is 7.75. The number of hydrogen-bond acceptors (Lipinski definition) is 3. The summed E-state index contributed by atoms with van der Waals surface area (Å²) in [6, 6.07) is 20.1. The van der Waals surface area contributed by atoms with E-state index in [2.05, 4.69) is 26.6 Å². The van der Waals surface area contributed by atoms with Gasteiger partial charge in [-0.15, -0.1) is 0 Å². The number of aromatic amines is 1. The second-order valence-corrected chi connectivity index (χ2v) is 5.05. The number of H-pyrrole nitrogens is 1. The molecule has 0 amide bonds. The van der Waals surface area contributed by atoms with Crippen LogP contribution in [0.3, 0.4) is 0 Å². The minimum absolute atomic E-state index is 0.731. The van der Waals surface area contributed by atoms with Crippen LogP contribution >= 0.6 is 0 Å². The number of pyridine rings is 1. The van der Waals surface area contributed by atoms with Crippen molar-refractivity contribution in [3.05, 3.63) is 72.4 Å². The molecule has 4 heteroatoms. The fraction of sp³-hybridized carbons (Fsp3) is 0. The van der Waals surface area contributed by atoms with Crippen LogP contribution in [-0.2, 0) is 0 Å². The maximum Gasteiger partial charge on any atom is 0.146 e. The van der Waals surface area contributed by atoms with Gasteiger partial charge in [0.1, 0.15) is 5.82 Å². The minimum atomic E-state index is 0.731. The normalized spacial score (nSPS) is 11.5. The summed E-state index contributed by atoms with van der Waals surface area (Å²) < 4.78 is 0. The van der Waals surface area contributed by atoms with Gasteiger partial charge in [-0.3, -0.25) is 5.43 Å². The summed E-state index contributed by atoms with van der Waals surface area (Å²) in [7, 11) is 0. The lowest BCUT2D eigenvalue weighted by molar-refractivity contribution is 1.26. The molecule has 2 N–H and O–H groups in total. The molecule has 0 radical (unpaired) electrons. The van der Waals surface area contributed by atoms with Crippen LogP contribution in [-0.4, -0.2) is 16.2 Å². The van der Waals surface area contributed by atoms with Crippen LogP contribution in [0.5, 0.6) is 0 Å². The zero-order chi connectivity index (χ0) is 14.8. The molecular formula is C18H14N4. The van der Waals surface area contributed by atoms with E-state index in [-0.39, 0.29) is 0 Å². The first-order valence-electron chi connectivity index (χ1n) is 7.11. The Morgan fingerprint density at radius 1 is 0.955 bits per heavy atom. The van der Waals surface area contributed by atoms with Crippen LogP contribution in [0, 0.1) is 0 Å². The highest BCUT2D eigenvalue weighted by atomic mass is 15.3. The summed E-state index contributed by atoms with van der Waals surface area (Å²) in [5, 5.41) is 6.55. The molecule has 0 spiro atoms. The molecule has 106 valence electrons. The van der Waals surface area contributed by atoms with Crippen molar-refractivity contribution < 1.29 is 0 Å². The average Bonchev–Trinajstić information content (AvgIpc) is 2.98. The number of hydrazone groups is 1. The van der Waals surface area contributed by atoms with Gasteiger partial charge < -0.3 is 4.98 Å². The fourth-order valence-corrected chi connectivity index (χ4v) is 2.50.